The van der Waals surface area contributed by atoms with Gasteiger partial charge in [-0.05, 0) is 69.5 Å². The summed E-state index contributed by atoms with van der Waals surface area (Å²) >= 11 is 12.7. The number of amides is 2. The molecule has 214 valence electrons. The molecule has 0 fully saturated rings. The molecule has 0 unspecified atom stereocenters. The first kappa shape index (κ1) is 31.5. The van der Waals surface area contributed by atoms with Gasteiger partial charge in [0.05, 0.1) is 15.6 Å². The predicted molar refractivity (Wildman–Crippen MR) is 161 cm³/mol. The highest BCUT2D eigenvalue weighted by Gasteiger charge is 2.33. The Hall–Kier alpha value is -3.07. The van der Waals surface area contributed by atoms with E-state index in [1.165, 1.54) is 29.2 Å². The topological polar surface area (TPSA) is 86.8 Å². The van der Waals surface area contributed by atoms with Crippen molar-refractivity contribution in [1.29, 1.82) is 0 Å². The van der Waals surface area contributed by atoms with Crippen molar-refractivity contribution in [2.75, 3.05) is 17.4 Å². The molecule has 40 heavy (non-hydrogen) atoms. The van der Waals surface area contributed by atoms with E-state index in [9.17, 15) is 18.0 Å². The van der Waals surface area contributed by atoms with E-state index in [1.807, 2.05) is 51.1 Å². The van der Waals surface area contributed by atoms with E-state index in [1.54, 1.807) is 25.1 Å². The van der Waals surface area contributed by atoms with Crippen molar-refractivity contribution < 1.29 is 18.0 Å². The molecule has 3 aromatic carbocycles. The lowest BCUT2D eigenvalue weighted by atomic mass is 10.1. The summed E-state index contributed by atoms with van der Waals surface area (Å²) in [6, 6.07) is 19.4. The Morgan fingerprint density at radius 1 is 0.950 bits per heavy atom. The maximum absolute atomic E-state index is 13.9. The SMILES string of the molecule is CC[C@H](C)NC(=O)[C@H](C)N(CCc1ccccc1)C(=O)CN(c1cc(Cl)ccc1Cl)S(=O)(=O)c1ccc(C)cc1. The first-order valence-electron chi connectivity index (χ1n) is 13.1. The summed E-state index contributed by atoms with van der Waals surface area (Å²) in [5.41, 5.74) is 1.94. The van der Waals surface area contributed by atoms with Crippen LogP contribution in [0.3, 0.4) is 0 Å². The van der Waals surface area contributed by atoms with Gasteiger partial charge in [0.1, 0.15) is 12.6 Å². The van der Waals surface area contributed by atoms with Gasteiger partial charge in [-0.25, -0.2) is 8.42 Å². The van der Waals surface area contributed by atoms with Crippen molar-refractivity contribution in [3.05, 3.63) is 94.0 Å². The van der Waals surface area contributed by atoms with Crippen molar-refractivity contribution in [2.24, 2.45) is 0 Å². The van der Waals surface area contributed by atoms with Crippen LogP contribution in [0, 0.1) is 6.92 Å². The number of halogens is 2. The van der Waals surface area contributed by atoms with Gasteiger partial charge in [-0.2, -0.15) is 0 Å². The van der Waals surface area contributed by atoms with Gasteiger partial charge in [0.2, 0.25) is 11.8 Å². The number of nitrogens with one attached hydrogen (secondary N) is 1. The quantitative estimate of drug-likeness (QED) is 0.280. The molecule has 0 heterocycles. The van der Waals surface area contributed by atoms with E-state index in [-0.39, 0.29) is 39.1 Å². The monoisotopic (exact) mass is 603 g/mol. The van der Waals surface area contributed by atoms with E-state index in [4.69, 9.17) is 23.2 Å². The van der Waals surface area contributed by atoms with Crippen molar-refractivity contribution in [3.8, 4) is 0 Å². The Balaban J connectivity index is 2.01. The van der Waals surface area contributed by atoms with Gasteiger partial charge in [0.15, 0.2) is 0 Å². The van der Waals surface area contributed by atoms with Crippen molar-refractivity contribution in [3.63, 3.8) is 0 Å². The largest absolute Gasteiger partial charge is 0.352 e. The van der Waals surface area contributed by atoms with Crippen LogP contribution in [0.2, 0.25) is 10.0 Å². The normalized spacial score (nSPS) is 12.8. The zero-order chi connectivity index (χ0) is 29.4. The maximum atomic E-state index is 13.9. The first-order valence-corrected chi connectivity index (χ1v) is 15.3. The molecular formula is C30H35Cl2N3O4S. The fourth-order valence-corrected chi connectivity index (χ4v) is 5.92. The summed E-state index contributed by atoms with van der Waals surface area (Å²) in [6.45, 7) is 6.97. The van der Waals surface area contributed by atoms with Crippen LogP contribution >= 0.6 is 23.2 Å². The average molecular weight is 605 g/mol. The molecule has 2 atom stereocenters. The summed E-state index contributed by atoms with van der Waals surface area (Å²) in [5, 5.41) is 3.30. The number of hydrogen-bond acceptors (Lipinski definition) is 4. The van der Waals surface area contributed by atoms with Crippen molar-refractivity contribution >= 4 is 50.7 Å². The summed E-state index contributed by atoms with van der Waals surface area (Å²) in [7, 11) is -4.23. The van der Waals surface area contributed by atoms with E-state index in [0.29, 0.717) is 6.42 Å². The Labute approximate surface area is 247 Å². The van der Waals surface area contributed by atoms with Crippen LogP contribution in [-0.4, -0.2) is 50.3 Å². The second kappa shape index (κ2) is 14.0. The third-order valence-corrected chi connectivity index (χ3v) is 9.05. The second-order valence-electron chi connectivity index (χ2n) is 9.74. The molecule has 7 nitrogen and oxygen atoms in total. The standard InChI is InChI=1S/C30H35Cl2N3O4S/c1-5-22(3)33-30(37)23(4)34(18-17-24-9-7-6-8-10-24)29(36)20-35(28-19-25(31)13-16-27(28)32)40(38,39)26-14-11-21(2)12-15-26/h6-16,19,22-23H,5,17-18,20H2,1-4H3,(H,33,37)/t22-,23-/m0/s1. The highest BCUT2D eigenvalue weighted by Crippen LogP contribution is 2.33. The van der Waals surface area contributed by atoms with E-state index in [2.05, 4.69) is 5.32 Å². The third kappa shape index (κ3) is 7.99. The molecule has 3 rings (SSSR count). The summed E-state index contributed by atoms with van der Waals surface area (Å²) < 4.78 is 28.8. The third-order valence-electron chi connectivity index (χ3n) is 6.72. The summed E-state index contributed by atoms with van der Waals surface area (Å²) in [5.74, 6) is -0.862. The Morgan fingerprint density at radius 3 is 2.23 bits per heavy atom. The molecule has 0 saturated carbocycles. The fourth-order valence-electron chi connectivity index (χ4n) is 4.06. The van der Waals surface area contributed by atoms with E-state index < -0.39 is 28.5 Å². The molecule has 0 aliphatic rings. The molecule has 1 N–H and O–H groups in total. The lowest BCUT2D eigenvalue weighted by Gasteiger charge is -2.32. The molecular weight excluding hydrogens is 569 g/mol. The number of rotatable bonds is 12. The number of aryl methyl sites for hydroxylation is 1. The number of nitrogens with zero attached hydrogens (tertiary/aromatic N) is 2. The number of sulfonamides is 1. The molecule has 0 bridgehead atoms. The van der Waals surface area contributed by atoms with Crippen LogP contribution in [0.1, 0.15) is 38.3 Å². The van der Waals surface area contributed by atoms with Crippen LogP contribution < -0.4 is 9.62 Å². The second-order valence-corrected chi connectivity index (χ2v) is 12.4. The van der Waals surface area contributed by atoms with Gasteiger partial charge in [-0.15, -0.1) is 0 Å². The Bertz CT molecular complexity index is 1420. The molecule has 0 aliphatic carbocycles. The molecule has 0 saturated heterocycles. The van der Waals surface area contributed by atoms with Gasteiger partial charge in [0, 0.05) is 17.6 Å². The molecule has 0 aliphatic heterocycles. The number of hydrogen-bond donors (Lipinski definition) is 1. The van der Waals surface area contributed by atoms with Gasteiger partial charge in [-0.1, -0.05) is 78.2 Å². The molecule has 0 aromatic heterocycles. The highest BCUT2D eigenvalue weighted by molar-refractivity contribution is 7.92. The number of carbonyl (C=O) groups is 2. The number of carbonyl (C=O) groups excluding carboxylic acids is 2. The Kier molecular flexibility index (Phi) is 11.0. The van der Waals surface area contributed by atoms with Crippen LogP contribution in [-0.2, 0) is 26.0 Å². The van der Waals surface area contributed by atoms with Crippen LogP contribution in [0.4, 0.5) is 5.69 Å². The molecule has 2 amide bonds. The van der Waals surface area contributed by atoms with Gasteiger partial charge >= 0.3 is 0 Å². The van der Waals surface area contributed by atoms with E-state index in [0.717, 1.165) is 21.9 Å². The smallest absolute Gasteiger partial charge is 0.264 e. The van der Waals surface area contributed by atoms with Crippen LogP contribution in [0.15, 0.2) is 77.7 Å². The van der Waals surface area contributed by atoms with Gasteiger partial charge in [-0.3, -0.25) is 13.9 Å². The first-order chi connectivity index (χ1) is 18.9. The fraction of sp³-hybridized carbons (Fsp3) is 0.333. The van der Waals surface area contributed by atoms with Crippen molar-refractivity contribution in [1.82, 2.24) is 10.2 Å². The van der Waals surface area contributed by atoms with Gasteiger partial charge in [0.25, 0.3) is 10.0 Å². The number of benzene rings is 3. The van der Waals surface area contributed by atoms with Gasteiger partial charge < -0.3 is 10.2 Å². The minimum atomic E-state index is -4.23. The zero-order valence-electron chi connectivity index (χ0n) is 23.1. The zero-order valence-corrected chi connectivity index (χ0v) is 25.4. The molecule has 0 spiro atoms. The molecule has 0 radical (unpaired) electrons. The maximum Gasteiger partial charge on any atom is 0.264 e. The van der Waals surface area contributed by atoms with Crippen LogP contribution in [0.25, 0.3) is 0 Å². The van der Waals surface area contributed by atoms with Crippen molar-refractivity contribution in [2.45, 2.75) is 57.5 Å². The lowest BCUT2D eigenvalue weighted by Crippen LogP contribution is -2.53. The number of anilines is 1. The Morgan fingerprint density at radius 2 is 1.60 bits per heavy atom. The molecule has 10 heteroatoms. The predicted octanol–water partition coefficient (Wildman–Crippen LogP) is 5.87. The minimum Gasteiger partial charge on any atom is -0.352 e. The summed E-state index contributed by atoms with van der Waals surface area (Å²) in [4.78, 5) is 28.5. The van der Waals surface area contributed by atoms with Crippen LogP contribution in [0.5, 0.6) is 0 Å². The minimum absolute atomic E-state index is 0.000315. The lowest BCUT2D eigenvalue weighted by molar-refractivity contribution is -0.139. The average Bonchev–Trinajstić information content (AvgIpc) is 2.93. The molecule has 3 aromatic rings. The highest BCUT2D eigenvalue weighted by atomic mass is 35.5. The summed E-state index contributed by atoms with van der Waals surface area (Å²) in [6.07, 6.45) is 1.21. The van der Waals surface area contributed by atoms with E-state index >= 15 is 0 Å².